The minimum Gasteiger partial charge on any atom is -0.384 e. The summed E-state index contributed by atoms with van der Waals surface area (Å²) in [7, 11) is 4.03. The molecule has 9 heteroatoms. The summed E-state index contributed by atoms with van der Waals surface area (Å²) in [6.07, 6.45) is 13.3. The molecule has 4 N–H and O–H groups in total. The van der Waals surface area contributed by atoms with Gasteiger partial charge in [0.2, 0.25) is 0 Å². The maximum Gasteiger partial charge on any atom is 0.159 e. The number of pyridine rings is 1. The number of halogens is 1. The highest BCUT2D eigenvalue weighted by molar-refractivity contribution is 5.98. The van der Waals surface area contributed by atoms with Crippen LogP contribution >= 0.6 is 0 Å². The van der Waals surface area contributed by atoms with E-state index in [2.05, 4.69) is 55.5 Å². The third-order valence-electron chi connectivity index (χ3n) is 8.73. The van der Waals surface area contributed by atoms with E-state index in [1.165, 1.54) is 31.7 Å². The lowest BCUT2D eigenvalue weighted by atomic mass is 10.0. The molecular weight excluding hydrogens is 575 g/mol. The Bertz CT molecular complexity index is 1890. The van der Waals surface area contributed by atoms with Gasteiger partial charge >= 0.3 is 0 Å². The van der Waals surface area contributed by atoms with Crippen LogP contribution in [0.15, 0.2) is 79.0 Å². The largest absolute Gasteiger partial charge is 0.384 e. The van der Waals surface area contributed by atoms with Crippen LogP contribution in [0, 0.1) is 11.7 Å². The first-order valence-electron chi connectivity index (χ1n) is 16.1. The molecule has 0 atom stereocenters. The molecule has 1 fully saturated rings. The van der Waals surface area contributed by atoms with Gasteiger partial charge in [-0.2, -0.15) is 5.10 Å². The van der Waals surface area contributed by atoms with Crippen LogP contribution in [0.3, 0.4) is 0 Å². The summed E-state index contributed by atoms with van der Waals surface area (Å²) >= 11 is 0. The molecule has 2 aromatic carbocycles. The summed E-state index contributed by atoms with van der Waals surface area (Å²) in [6.45, 7) is 9.46. The predicted molar refractivity (Wildman–Crippen MR) is 188 cm³/mol. The summed E-state index contributed by atoms with van der Waals surface area (Å²) in [5, 5.41) is 15.6. The number of nitrogens with zero attached hydrogens (tertiary/aromatic N) is 4. The lowest BCUT2D eigenvalue weighted by Crippen LogP contribution is -2.23. The third-order valence-corrected chi connectivity index (χ3v) is 8.73. The number of hydrogen-bond donors (Lipinski definition) is 4. The van der Waals surface area contributed by atoms with Gasteiger partial charge in [0.05, 0.1) is 28.4 Å². The number of H-pyrrole nitrogens is 2. The minimum absolute atomic E-state index is 0.297. The fraction of sp³-hybridized carbons (Fsp3) is 0.324. The van der Waals surface area contributed by atoms with Gasteiger partial charge in [0.1, 0.15) is 11.5 Å². The van der Waals surface area contributed by atoms with Gasteiger partial charge in [-0.15, -0.1) is 0 Å². The minimum atomic E-state index is -0.297. The molecule has 0 aliphatic heterocycles. The smallest absolute Gasteiger partial charge is 0.159 e. The molecule has 0 radical (unpaired) electrons. The van der Waals surface area contributed by atoms with Crippen molar-refractivity contribution in [2.45, 2.75) is 32.6 Å². The van der Waals surface area contributed by atoms with Gasteiger partial charge in [-0.25, -0.2) is 9.37 Å². The summed E-state index contributed by atoms with van der Waals surface area (Å²) in [5.41, 5.74) is 8.45. The average molecular weight is 619 g/mol. The zero-order valence-electron chi connectivity index (χ0n) is 27.0. The molecule has 0 amide bonds. The van der Waals surface area contributed by atoms with Crippen LogP contribution in [-0.2, 0) is 0 Å². The second-order valence-electron chi connectivity index (χ2n) is 12.4. The predicted octanol–water partition coefficient (Wildman–Crippen LogP) is 7.58. The van der Waals surface area contributed by atoms with E-state index in [4.69, 9.17) is 9.97 Å². The molecule has 1 aliphatic rings. The maximum atomic E-state index is 14.7. The van der Waals surface area contributed by atoms with Crippen LogP contribution in [0.2, 0.25) is 0 Å². The van der Waals surface area contributed by atoms with E-state index >= 15 is 0 Å². The van der Waals surface area contributed by atoms with E-state index in [-0.39, 0.29) is 5.82 Å². The summed E-state index contributed by atoms with van der Waals surface area (Å²) in [6, 6.07) is 13.0. The van der Waals surface area contributed by atoms with Gasteiger partial charge in [0.15, 0.2) is 5.82 Å². The normalized spacial score (nSPS) is 14.6. The number of imidazole rings is 1. The van der Waals surface area contributed by atoms with E-state index in [0.29, 0.717) is 18.1 Å². The van der Waals surface area contributed by atoms with Crippen molar-refractivity contribution >= 4 is 33.2 Å². The molecule has 1 aliphatic carbocycles. The number of nitrogens with one attached hydrogen (secondary N) is 4. The van der Waals surface area contributed by atoms with E-state index < -0.39 is 0 Å². The third kappa shape index (κ3) is 7.11. The van der Waals surface area contributed by atoms with Gasteiger partial charge in [-0.3, -0.25) is 10.1 Å². The molecular formula is C37H43FN8. The van der Waals surface area contributed by atoms with E-state index in [9.17, 15) is 4.39 Å². The van der Waals surface area contributed by atoms with Crippen molar-refractivity contribution in [1.82, 2.24) is 35.4 Å². The van der Waals surface area contributed by atoms with Crippen LogP contribution in [0.1, 0.15) is 38.3 Å². The Balaban J connectivity index is 1.28. The molecule has 0 unspecified atom stereocenters. The first-order chi connectivity index (χ1) is 22.4. The zero-order chi connectivity index (χ0) is 32.0. The van der Waals surface area contributed by atoms with Crippen LogP contribution in [-0.4, -0.2) is 70.3 Å². The number of rotatable bonds is 13. The molecule has 0 spiro atoms. The maximum absolute atomic E-state index is 14.7. The molecule has 238 valence electrons. The first kappa shape index (κ1) is 31.4. The number of likely N-dealkylation sites (N-methyl/N-ethyl adjacent to an activating group) is 1. The van der Waals surface area contributed by atoms with Crippen LogP contribution in [0.4, 0.5) is 10.1 Å². The topological polar surface area (TPSA) is 97.5 Å². The van der Waals surface area contributed by atoms with Gasteiger partial charge in [0.25, 0.3) is 0 Å². The Kier molecular flexibility index (Phi) is 9.71. The van der Waals surface area contributed by atoms with Gasteiger partial charge < -0.3 is 20.5 Å². The Labute approximate surface area is 269 Å². The second-order valence-corrected chi connectivity index (χ2v) is 12.4. The molecule has 8 nitrogen and oxygen atoms in total. The second kappa shape index (κ2) is 14.2. The van der Waals surface area contributed by atoms with Gasteiger partial charge in [-0.05, 0) is 99.4 Å². The Morgan fingerprint density at radius 3 is 2.76 bits per heavy atom. The Morgan fingerprint density at radius 1 is 1.13 bits per heavy atom. The number of allylic oxidation sites excluding steroid dienone is 3. The summed E-state index contributed by atoms with van der Waals surface area (Å²) < 4.78 is 14.7. The molecule has 6 rings (SSSR count). The number of anilines is 1. The fourth-order valence-electron chi connectivity index (χ4n) is 6.23. The highest BCUT2D eigenvalue weighted by Gasteiger charge is 2.18. The number of benzene rings is 2. The van der Waals surface area contributed by atoms with Crippen molar-refractivity contribution in [1.29, 1.82) is 0 Å². The summed E-state index contributed by atoms with van der Waals surface area (Å²) in [4.78, 5) is 15.3. The van der Waals surface area contributed by atoms with Crippen LogP contribution < -0.4 is 10.6 Å². The van der Waals surface area contributed by atoms with E-state index in [1.807, 2.05) is 57.6 Å². The molecule has 5 aromatic rings. The van der Waals surface area contributed by atoms with E-state index in [1.54, 1.807) is 6.07 Å². The highest BCUT2D eigenvalue weighted by Crippen LogP contribution is 2.33. The monoisotopic (exact) mass is 618 g/mol. The zero-order valence-corrected chi connectivity index (χ0v) is 27.0. The van der Waals surface area contributed by atoms with Crippen LogP contribution in [0.25, 0.3) is 50.2 Å². The van der Waals surface area contributed by atoms with Crippen molar-refractivity contribution in [2.24, 2.45) is 5.92 Å². The Hall–Kier alpha value is -4.60. The first-order valence-corrected chi connectivity index (χ1v) is 16.1. The molecule has 0 bridgehead atoms. The van der Waals surface area contributed by atoms with Crippen molar-refractivity contribution in [3.05, 3.63) is 90.6 Å². The quantitative estimate of drug-likeness (QED) is 0.102. The van der Waals surface area contributed by atoms with Crippen molar-refractivity contribution in [3.63, 3.8) is 0 Å². The lowest BCUT2D eigenvalue weighted by Gasteiger charge is -2.13. The van der Waals surface area contributed by atoms with Gasteiger partial charge in [-0.1, -0.05) is 43.7 Å². The molecule has 3 heterocycles. The van der Waals surface area contributed by atoms with Crippen LogP contribution in [0.5, 0.6) is 0 Å². The van der Waals surface area contributed by atoms with Crippen molar-refractivity contribution in [3.8, 4) is 22.6 Å². The average Bonchev–Trinajstić information content (AvgIpc) is 3.81. The molecule has 0 saturated heterocycles. The van der Waals surface area contributed by atoms with E-state index in [0.717, 1.165) is 81.1 Å². The standard InChI is InChI=1S/C37H43FN8/c1-5-24(21-39-22-25-10-7-8-11-25)16-26(6-2)33-20-31-34(23-41-33)44-45-36(31)37-42-32-13-9-12-30(35(32)43-37)27-17-28(38)19-29(18-27)40-14-15-46(3)4/h5-6,9,12-13,16-20,23,25,39-40H,1,7-8,10-11,14-15,21-22H2,2-4H3,(H,42,43)(H,44,45)/b24-16+,26-6+. The molecule has 3 aromatic heterocycles. The van der Waals surface area contributed by atoms with Crippen molar-refractivity contribution in [2.75, 3.05) is 45.6 Å². The Morgan fingerprint density at radius 2 is 1.98 bits per heavy atom. The SMILES string of the molecule is C=C/C(=C\C(=C/C)c1cc2c(-c3nc4c(-c5cc(F)cc(NCCN(C)C)c5)cccc4[nH]3)n[nH]c2cn1)CNCC1CCCC1. The van der Waals surface area contributed by atoms with Gasteiger partial charge in [0, 0.05) is 36.3 Å². The lowest BCUT2D eigenvalue weighted by molar-refractivity contribution is 0.425. The summed E-state index contributed by atoms with van der Waals surface area (Å²) in [5.74, 6) is 1.12. The fourth-order valence-corrected chi connectivity index (χ4v) is 6.23. The number of fused-ring (bicyclic) bond motifs is 2. The van der Waals surface area contributed by atoms with Crippen molar-refractivity contribution < 1.29 is 4.39 Å². The number of hydrogen-bond acceptors (Lipinski definition) is 6. The number of aromatic amines is 2. The number of para-hydroxylation sites is 1. The highest BCUT2D eigenvalue weighted by atomic mass is 19.1. The molecule has 1 saturated carbocycles. The number of aromatic nitrogens is 5. The molecule has 46 heavy (non-hydrogen) atoms.